The molecule has 16 heavy (non-hydrogen) atoms. The molecule has 2 atom stereocenters. The van der Waals surface area contributed by atoms with Crippen LogP contribution in [0.25, 0.3) is 0 Å². The van der Waals surface area contributed by atoms with E-state index in [4.69, 9.17) is 4.74 Å². The topological polar surface area (TPSA) is 48.9 Å². The molecule has 2 unspecified atom stereocenters. The van der Waals surface area contributed by atoms with Crippen molar-refractivity contribution in [3.05, 3.63) is 0 Å². The lowest BCUT2D eigenvalue weighted by atomic mass is 10.2. The van der Waals surface area contributed by atoms with E-state index < -0.39 is 0 Å². The molecule has 2 heterocycles. The van der Waals surface area contributed by atoms with Crippen molar-refractivity contribution in [3.63, 3.8) is 0 Å². The van der Waals surface area contributed by atoms with E-state index in [2.05, 4.69) is 20.5 Å². The molecule has 0 aromatic carbocycles. The van der Waals surface area contributed by atoms with E-state index >= 15 is 0 Å². The number of nitrogens with zero attached hydrogens (tertiary/aromatic N) is 2. The number of hydrogen-bond acceptors (Lipinski definition) is 3. The van der Waals surface area contributed by atoms with Crippen LogP contribution in [0.15, 0.2) is 4.99 Å². The van der Waals surface area contributed by atoms with E-state index in [1.807, 2.05) is 7.05 Å². The SMILES string of the molecule is CN=C(NC)NCC1CN2CCCC2CO1. The van der Waals surface area contributed by atoms with Gasteiger partial charge in [-0.25, -0.2) is 0 Å². The van der Waals surface area contributed by atoms with Gasteiger partial charge in [0.2, 0.25) is 0 Å². The largest absolute Gasteiger partial charge is 0.373 e. The molecule has 2 aliphatic rings. The molecule has 0 aliphatic carbocycles. The average Bonchev–Trinajstić information content (AvgIpc) is 2.77. The van der Waals surface area contributed by atoms with E-state index in [9.17, 15) is 0 Å². The summed E-state index contributed by atoms with van der Waals surface area (Å²) in [5.74, 6) is 0.826. The number of fused-ring (bicyclic) bond motifs is 1. The van der Waals surface area contributed by atoms with E-state index in [1.54, 1.807) is 7.05 Å². The second kappa shape index (κ2) is 5.50. The van der Waals surface area contributed by atoms with Gasteiger partial charge >= 0.3 is 0 Å². The molecule has 0 amide bonds. The standard InChI is InChI=1S/C11H22N4O/c1-12-11(13-2)14-6-10-7-15-5-3-4-9(15)8-16-10/h9-10H,3-8H2,1-2H3,(H2,12,13,14). The fraction of sp³-hybridized carbons (Fsp3) is 0.909. The van der Waals surface area contributed by atoms with Gasteiger partial charge in [-0.2, -0.15) is 0 Å². The van der Waals surface area contributed by atoms with Crippen molar-refractivity contribution < 1.29 is 4.74 Å². The molecule has 2 saturated heterocycles. The van der Waals surface area contributed by atoms with Gasteiger partial charge in [-0.15, -0.1) is 0 Å². The first-order chi connectivity index (χ1) is 7.83. The summed E-state index contributed by atoms with van der Waals surface area (Å²) < 4.78 is 5.84. The number of guanidine groups is 1. The van der Waals surface area contributed by atoms with Crippen LogP contribution in [0.5, 0.6) is 0 Å². The van der Waals surface area contributed by atoms with Crippen molar-refractivity contribution in [2.24, 2.45) is 4.99 Å². The predicted molar refractivity (Wildman–Crippen MR) is 64.8 cm³/mol. The molecule has 2 fully saturated rings. The third-order valence-electron chi connectivity index (χ3n) is 3.42. The van der Waals surface area contributed by atoms with Gasteiger partial charge in [-0.05, 0) is 19.4 Å². The third kappa shape index (κ3) is 2.65. The van der Waals surface area contributed by atoms with E-state index in [-0.39, 0.29) is 0 Å². The summed E-state index contributed by atoms with van der Waals surface area (Å²) in [5.41, 5.74) is 0. The first kappa shape index (κ1) is 11.7. The summed E-state index contributed by atoms with van der Waals surface area (Å²) in [6.45, 7) is 4.02. The fourth-order valence-electron chi connectivity index (χ4n) is 2.50. The maximum atomic E-state index is 5.84. The first-order valence-electron chi connectivity index (χ1n) is 6.07. The van der Waals surface area contributed by atoms with Crippen LogP contribution in [0.2, 0.25) is 0 Å². The highest BCUT2D eigenvalue weighted by Gasteiger charge is 2.31. The Kier molecular flexibility index (Phi) is 4.01. The second-order valence-electron chi connectivity index (χ2n) is 4.45. The minimum Gasteiger partial charge on any atom is -0.373 e. The monoisotopic (exact) mass is 226 g/mol. The minimum absolute atomic E-state index is 0.291. The lowest BCUT2D eigenvalue weighted by Gasteiger charge is -2.35. The molecule has 0 aromatic rings. The quantitative estimate of drug-likeness (QED) is 0.499. The van der Waals surface area contributed by atoms with Gasteiger partial charge in [0, 0.05) is 33.2 Å². The number of nitrogens with one attached hydrogen (secondary N) is 2. The lowest BCUT2D eigenvalue weighted by molar-refractivity contribution is -0.0452. The molecular formula is C11H22N4O. The van der Waals surface area contributed by atoms with Crippen molar-refractivity contribution in [2.45, 2.75) is 25.0 Å². The van der Waals surface area contributed by atoms with Crippen LogP contribution in [-0.4, -0.2) is 63.3 Å². The minimum atomic E-state index is 0.291. The molecule has 92 valence electrons. The van der Waals surface area contributed by atoms with Gasteiger partial charge in [0.15, 0.2) is 5.96 Å². The van der Waals surface area contributed by atoms with Crippen molar-refractivity contribution in [3.8, 4) is 0 Å². The van der Waals surface area contributed by atoms with Crippen molar-refractivity contribution in [1.82, 2.24) is 15.5 Å². The number of aliphatic imine (C=N–C) groups is 1. The Hall–Kier alpha value is -0.810. The normalized spacial score (nSPS) is 31.2. The van der Waals surface area contributed by atoms with Gasteiger partial charge in [0.05, 0.1) is 12.7 Å². The van der Waals surface area contributed by atoms with Crippen LogP contribution in [0.4, 0.5) is 0 Å². The first-order valence-corrected chi connectivity index (χ1v) is 6.07. The zero-order valence-corrected chi connectivity index (χ0v) is 10.2. The summed E-state index contributed by atoms with van der Waals surface area (Å²) in [7, 11) is 3.64. The maximum absolute atomic E-state index is 5.84. The molecular weight excluding hydrogens is 204 g/mol. The lowest BCUT2D eigenvalue weighted by Crippen LogP contribution is -2.51. The predicted octanol–water partition coefficient (Wildman–Crippen LogP) is -0.356. The Morgan fingerprint density at radius 1 is 1.56 bits per heavy atom. The van der Waals surface area contributed by atoms with Gasteiger partial charge in [-0.3, -0.25) is 9.89 Å². The number of hydrogen-bond donors (Lipinski definition) is 2. The molecule has 0 bridgehead atoms. The molecule has 2 N–H and O–H groups in total. The Bertz CT molecular complexity index is 256. The number of morpholine rings is 1. The highest BCUT2D eigenvalue weighted by Crippen LogP contribution is 2.22. The van der Waals surface area contributed by atoms with Crippen molar-refractivity contribution >= 4 is 5.96 Å². The average molecular weight is 226 g/mol. The maximum Gasteiger partial charge on any atom is 0.190 e. The molecule has 5 heteroatoms. The van der Waals surface area contributed by atoms with E-state index in [0.29, 0.717) is 12.1 Å². The molecule has 0 radical (unpaired) electrons. The highest BCUT2D eigenvalue weighted by atomic mass is 16.5. The van der Waals surface area contributed by atoms with Crippen molar-refractivity contribution in [2.75, 3.05) is 40.3 Å². The Morgan fingerprint density at radius 3 is 3.19 bits per heavy atom. The van der Waals surface area contributed by atoms with Gasteiger partial charge in [-0.1, -0.05) is 0 Å². The van der Waals surface area contributed by atoms with Crippen LogP contribution in [0.1, 0.15) is 12.8 Å². The fourth-order valence-corrected chi connectivity index (χ4v) is 2.50. The van der Waals surface area contributed by atoms with E-state index in [0.717, 1.165) is 25.7 Å². The highest BCUT2D eigenvalue weighted by molar-refractivity contribution is 5.79. The zero-order valence-electron chi connectivity index (χ0n) is 10.2. The van der Waals surface area contributed by atoms with E-state index in [1.165, 1.54) is 19.4 Å². The van der Waals surface area contributed by atoms with Gasteiger partial charge in [0.25, 0.3) is 0 Å². The molecule has 0 spiro atoms. The Labute approximate surface area is 97.2 Å². The van der Waals surface area contributed by atoms with Gasteiger partial charge in [0.1, 0.15) is 0 Å². The summed E-state index contributed by atoms with van der Waals surface area (Å²) in [6.07, 6.45) is 2.92. The summed E-state index contributed by atoms with van der Waals surface area (Å²) in [6, 6.07) is 0.680. The van der Waals surface area contributed by atoms with Gasteiger partial charge < -0.3 is 15.4 Å². The molecule has 2 aliphatic heterocycles. The van der Waals surface area contributed by atoms with Crippen LogP contribution < -0.4 is 10.6 Å². The Balaban J connectivity index is 1.75. The number of ether oxygens (including phenoxy) is 1. The zero-order chi connectivity index (χ0) is 11.4. The molecule has 0 saturated carbocycles. The van der Waals surface area contributed by atoms with Crippen LogP contribution >= 0.6 is 0 Å². The molecule has 5 nitrogen and oxygen atoms in total. The molecule has 2 rings (SSSR count). The van der Waals surface area contributed by atoms with Crippen LogP contribution in [0.3, 0.4) is 0 Å². The number of rotatable bonds is 2. The summed E-state index contributed by atoms with van der Waals surface area (Å²) in [4.78, 5) is 6.64. The summed E-state index contributed by atoms with van der Waals surface area (Å²) in [5, 5.41) is 6.26. The third-order valence-corrected chi connectivity index (χ3v) is 3.42. The second-order valence-corrected chi connectivity index (χ2v) is 4.45. The van der Waals surface area contributed by atoms with Crippen molar-refractivity contribution in [1.29, 1.82) is 0 Å². The van der Waals surface area contributed by atoms with Crippen LogP contribution in [0, 0.1) is 0 Å². The molecule has 0 aromatic heterocycles. The Morgan fingerprint density at radius 2 is 2.44 bits per heavy atom. The smallest absolute Gasteiger partial charge is 0.190 e. The van der Waals surface area contributed by atoms with Crippen LogP contribution in [-0.2, 0) is 4.74 Å². The summed E-state index contributed by atoms with van der Waals surface area (Å²) >= 11 is 0.